The quantitative estimate of drug-likeness (QED) is 0.928. The summed E-state index contributed by atoms with van der Waals surface area (Å²) in [6.07, 6.45) is 0.735. The summed E-state index contributed by atoms with van der Waals surface area (Å²) in [5.41, 5.74) is 1.54. The van der Waals surface area contributed by atoms with Gasteiger partial charge in [-0.15, -0.1) is 0 Å². The average Bonchev–Trinajstić information content (AvgIpc) is 2.42. The van der Waals surface area contributed by atoms with Crippen LogP contribution in [0.5, 0.6) is 11.6 Å². The van der Waals surface area contributed by atoms with Gasteiger partial charge in [-0.05, 0) is 46.1 Å². The minimum atomic E-state index is -0.397. The van der Waals surface area contributed by atoms with Gasteiger partial charge in [0, 0.05) is 17.8 Å². The molecule has 0 radical (unpaired) electrons. The smallest absolute Gasteiger partial charge is 0.219 e. The van der Waals surface area contributed by atoms with E-state index in [-0.39, 0.29) is 6.61 Å². The topological polar surface area (TPSA) is 42.4 Å². The molecular formula is C14H13BrFNO2. The van der Waals surface area contributed by atoms with Crippen LogP contribution in [-0.4, -0.2) is 10.1 Å². The van der Waals surface area contributed by atoms with Crippen molar-refractivity contribution in [1.82, 2.24) is 4.98 Å². The number of aliphatic hydroxyl groups is 1. The first-order valence-corrected chi connectivity index (χ1v) is 6.65. The van der Waals surface area contributed by atoms with Crippen molar-refractivity contribution in [2.45, 2.75) is 20.0 Å². The van der Waals surface area contributed by atoms with E-state index in [9.17, 15) is 9.50 Å². The highest BCUT2D eigenvalue weighted by Gasteiger charge is 2.06. The van der Waals surface area contributed by atoms with Gasteiger partial charge in [-0.3, -0.25) is 0 Å². The van der Waals surface area contributed by atoms with Gasteiger partial charge in [0.2, 0.25) is 5.88 Å². The molecule has 0 aliphatic carbocycles. The predicted molar refractivity (Wildman–Crippen MR) is 73.7 cm³/mol. The lowest BCUT2D eigenvalue weighted by Gasteiger charge is -2.08. The van der Waals surface area contributed by atoms with Gasteiger partial charge in [0.1, 0.15) is 11.6 Å². The van der Waals surface area contributed by atoms with Crippen LogP contribution in [0.3, 0.4) is 0 Å². The Bertz CT molecular complexity index is 567. The molecule has 0 saturated heterocycles. The Labute approximate surface area is 119 Å². The van der Waals surface area contributed by atoms with Crippen molar-refractivity contribution in [2.75, 3.05) is 0 Å². The second kappa shape index (κ2) is 6.12. The fraction of sp³-hybridized carbons (Fsp3) is 0.214. The van der Waals surface area contributed by atoms with E-state index in [1.165, 1.54) is 6.07 Å². The third-order valence-electron chi connectivity index (χ3n) is 2.57. The average molecular weight is 326 g/mol. The fourth-order valence-corrected chi connectivity index (χ4v) is 1.85. The SMILES string of the molecule is CCc1cc(CO)cc(Oc2ccc(Br)c(F)c2)n1. The van der Waals surface area contributed by atoms with Gasteiger partial charge in [0.05, 0.1) is 11.1 Å². The van der Waals surface area contributed by atoms with Crippen LogP contribution in [0, 0.1) is 5.82 Å². The Morgan fingerprint density at radius 1 is 1.32 bits per heavy atom. The highest BCUT2D eigenvalue weighted by atomic mass is 79.9. The number of hydrogen-bond donors (Lipinski definition) is 1. The van der Waals surface area contributed by atoms with Crippen molar-refractivity contribution < 1.29 is 14.2 Å². The standard InChI is InChI=1S/C14H13BrFNO2/c1-2-10-5-9(8-18)6-14(17-10)19-11-3-4-12(15)13(16)7-11/h3-7,18H,2,8H2,1H3. The number of nitrogens with zero attached hydrogens (tertiary/aromatic N) is 1. The van der Waals surface area contributed by atoms with Crippen molar-refractivity contribution in [2.24, 2.45) is 0 Å². The Morgan fingerprint density at radius 3 is 2.74 bits per heavy atom. The fourth-order valence-electron chi connectivity index (χ4n) is 1.61. The second-order valence-electron chi connectivity index (χ2n) is 3.99. The van der Waals surface area contributed by atoms with Gasteiger partial charge in [0.25, 0.3) is 0 Å². The molecule has 0 atom stereocenters. The van der Waals surface area contributed by atoms with Gasteiger partial charge in [0.15, 0.2) is 0 Å². The molecule has 19 heavy (non-hydrogen) atoms. The van der Waals surface area contributed by atoms with Gasteiger partial charge < -0.3 is 9.84 Å². The molecule has 1 heterocycles. The number of aliphatic hydroxyl groups excluding tert-OH is 1. The number of aromatic nitrogens is 1. The van der Waals surface area contributed by atoms with Crippen molar-refractivity contribution >= 4 is 15.9 Å². The summed E-state index contributed by atoms with van der Waals surface area (Å²) in [6.45, 7) is 1.88. The van der Waals surface area contributed by atoms with Crippen molar-refractivity contribution in [3.8, 4) is 11.6 Å². The van der Waals surface area contributed by atoms with Gasteiger partial charge in [-0.25, -0.2) is 9.37 Å². The number of halogens is 2. The first-order chi connectivity index (χ1) is 9.12. The van der Waals surface area contributed by atoms with Crippen molar-refractivity contribution in [1.29, 1.82) is 0 Å². The van der Waals surface area contributed by atoms with E-state index in [4.69, 9.17) is 4.74 Å². The van der Waals surface area contributed by atoms with Crippen LogP contribution in [0.2, 0.25) is 0 Å². The van der Waals surface area contributed by atoms with E-state index in [1.54, 1.807) is 18.2 Å². The second-order valence-corrected chi connectivity index (χ2v) is 4.85. The third-order valence-corrected chi connectivity index (χ3v) is 3.22. The minimum absolute atomic E-state index is 0.0828. The van der Waals surface area contributed by atoms with Crippen molar-refractivity contribution in [3.05, 3.63) is 51.9 Å². The number of ether oxygens (including phenoxy) is 1. The molecule has 2 rings (SSSR count). The van der Waals surface area contributed by atoms with E-state index in [0.717, 1.165) is 17.7 Å². The maximum atomic E-state index is 13.4. The first-order valence-electron chi connectivity index (χ1n) is 5.86. The lowest BCUT2D eigenvalue weighted by atomic mass is 10.2. The van der Waals surface area contributed by atoms with Crippen LogP contribution < -0.4 is 4.74 Å². The zero-order chi connectivity index (χ0) is 13.8. The summed E-state index contributed by atoms with van der Waals surface area (Å²) in [5, 5.41) is 9.18. The van der Waals surface area contributed by atoms with Crippen molar-refractivity contribution in [3.63, 3.8) is 0 Å². The summed E-state index contributed by atoms with van der Waals surface area (Å²) in [6, 6.07) is 7.95. The molecular weight excluding hydrogens is 313 g/mol. The first kappa shape index (κ1) is 14.0. The molecule has 0 unspecified atom stereocenters. The van der Waals surface area contributed by atoms with Gasteiger partial charge >= 0.3 is 0 Å². The Balaban J connectivity index is 2.29. The summed E-state index contributed by atoms with van der Waals surface area (Å²) in [5.74, 6) is 0.321. The summed E-state index contributed by atoms with van der Waals surface area (Å²) < 4.78 is 19.3. The molecule has 0 amide bonds. The van der Waals surface area contributed by atoms with Crippen LogP contribution in [0.1, 0.15) is 18.2 Å². The van der Waals surface area contributed by atoms with Gasteiger partial charge in [-0.2, -0.15) is 0 Å². The van der Waals surface area contributed by atoms with E-state index in [1.807, 2.05) is 13.0 Å². The molecule has 2 aromatic rings. The summed E-state index contributed by atoms with van der Waals surface area (Å²) in [4.78, 5) is 4.28. The highest BCUT2D eigenvalue weighted by molar-refractivity contribution is 9.10. The molecule has 3 nitrogen and oxygen atoms in total. The maximum Gasteiger partial charge on any atom is 0.219 e. The molecule has 0 spiro atoms. The number of benzene rings is 1. The molecule has 0 aliphatic rings. The highest BCUT2D eigenvalue weighted by Crippen LogP contribution is 2.25. The lowest BCUT2D eigenvalue weighted by molar-refractivity contribution is 0.281. The molecule has 1 N–H and O–H groups in total. The monoisotopic (exact) mass is 325 g/mol. The van der Waals surface area contributed by atoms with Crippen LogP contribution in [-0.2, 0) is 13.0 Å². The van der Waals surface area contributed by atoms with Gasteiger partial charge in [-0.1, -0.05) is 6.92 Å². The van der Waals surface area contributed by atoms with E-state index < -0.39 is 5.82 Å². The van der Waals surface area contributed by atoms with E-state index in [0.29, 0.717) is 16.1 Å². The van der Waals surface area contributed by atoms with Crippen LogP contribution in [0.15, 0.2) is 34.8 Å². The zero-order valence-corrected chi connectivity index (χ0v) is 11.9. The Morgan fingerprint density at radius 2 is 2.11 bits per heavy atom. The van der Waals surface area contributed by atoms with Crippen LogP contribution >= 0.6 is 15.9 Å². The molecule has 0 bridgehead atoms. The largest absolute Gasteiger partial charge is 0.439 e. The van der Waals surface area contributed by atoms with Crippen LogP contribution in [0.4, 0.5) is 4.39 Å². The molecule has 1 aromatic heterocycles. The molecule has 5 heteroatoms. The molecule has 0 fully saturated rings. The lowest BCUT2D eigenvalue weighted by Crippen LogP contribution is -1.96. The molecule has 0 saturated carbocycles. The maximum absolute atomic E-state index is 13.4. The Hall–Kier alpha value is -1.46. The molecule has 100 valence electrons. The number of rotatable bonds is 4. The van der Waals surface area contributed by atoms with E-state index in [2.05, 4.69) is 20.9 Å². The van der Waals surface area contributed by atoms with Crippen LogP contribution in [0.25, 0.3) is 0 Å². The predicted octanol–water partition coefficient (Wildman–Crippen LogP) is 3.83. The molecule has 0 aliphatic heterocycles. The normalized spacial score (nSPS) is 10.5. The number of aryl methyl sites for hydroxylation is 1. The number of hydrogen-bond acceptors (Lipinski definition) is 3. The summed E-state index contributed by atoms with van der Waals surface area (Å²) in [7, 11) is 0. The van der Waals surface area contributed by atoms with E-state index >= 15 is 0 Å². The number of pyridine rings is 1. The Kier molecular flexibility index (Phi) is 4.50. The minimum Gasteiger partial charge on any atom is -0.439 e. The molecule has 1 aromatic carbocycles. The summed E-state index contributed by atoms with van der Waals surface area (Å²) >= 11 is 3.08. The zero-order valence-electron chi connectivity index (χ0n) is 10.4. The third kappa shape index (κ3) is 3.52.